The molecule has 12 atom stereocenters. The smallest absolute Gasteiger partial charge is 0.229 e. The van der Waals surface area contributed by atoms with Gasteiger partial charge in [0, 0.05) is 24.6 Å². The van der Waals surface area contributed by atoms with Crippen LogP contribution in [0, 0.1) is 52.3 Å². The van der Waals surface area contributed by atoms with Crippen LogP contribution in [0.4, 0.5) is 0 Å². The van der Waals surface area contributed by atoms with Gasteiger partial charge in [-0.15, -0.1) is 0 Å². The van der Waals surface area contributed by atoms with Gasteiger partial charge in [0.05, 0.1) is 24.9 Å². The molecule has 4 saturated carbocycles. The number of hydrogen-bond donors (Lipinski definition) is 2. The zero-order valence-corrected chi connectivity index (χ0v) is 26.8. The second-order valence-electron chi connectivity index (χ2n) is 16.0. The number of nitrogens with one attached hydrogen (secondary N) is 2. The van der Waals surface area contributed by atoms with Crippen LogP contribution in [0.25, 0.3) is 0 Å². The molecular weight excluding hydrogens is 538 g/mol. The van der Waals surface area contributed by atoms with E-state index in [9.17, 15) is 9.59 Å². The molecule has 43 heavy (non-hydrogen) atoms. The van der Waals surface area contributed by atoms with Crippen LogP contribution in [0.3, 0.4) is 0 Å². The maximum Gasteiger partial charge on any atom is 0.229 e. The van der Waals surface area contributed by atoms with Crippen LogP contribution < -0.4 is 10.6 Å². The van der Waals surface area contributed by atoms with Crippen molar-refractivity contribution in [3.05, 3.63) is 30.1 Å². The summed E-state index contributed by atoms with van der Waals surface area (Å²) in [5, 5.41) is 6.06. The molecule has 2 aliphatic heterocycles. The highest BCUT2D eigenvalue weighted by Crippen LogP contribution is 2.71. The van der Waals surface area contributed by atoms with E-state index < -0.39 is 0 Å². The fourth-order valence-corrected chi connectivity index (χ4v) is 11.6. The predicted molar refractivity (Wildman–Crippen MR) is 164 cm³/mol. The Bertz CT molecular complexity index is 1200. The second-order valence-corrected chi connectivity index (χ2v) is 16.0. The van der Waals surface area contributed by atoms with Gasteiger partial charge in [-0.2, -0.15) is 0 Å². The minimum Gasteiger partial charge on any atom is -0.353 e. The third-order valence-electron chi connectivity index (χ3n) is 13.8. The van der Waals surface area contributed by atoms with Crippen LogP contribution in [0.15, 0.2) is 24.4 Å². The van der Waals surface area contributed by atoms with Crippen molar-refractivity contribution < 1.29 is 19.1 Å². The molecule has 1 aromatic heterocycles. The van der Waals surface area contributed by atoms with Gasteiger partial charge in [0.15, 0.2) is 5.79 Å². The van der Waals surface area contributed by atoms with Crippen molar-refractivity contribution in [2.75, 3.05) is 6.61 Å². The van der Waals surface area contributed by atoms with E-state index in [1.807, 2.05) is 18.2 Å². The minimum atomic E-state index is -0.334. The summed E-state index contributed by atoms with van der Waals surface area (Å²) in [5.74, 6) is 3.95. The van der Waals surface area contributed by atoms with Gasteiger partial charge in [0.1, 0.15) is 6.42 Å². The van der Waals surface area contributed by atoms with Gasteiger partial charge in [-0.05, 0) is 116 Å². The molecule has 0 bridgehead atoms. The summed E-state index contributed by atoms with van der Waals surface area (Å²) in [5.41, 5.74) is 1.49. The molecule has 1 spiro atoms. The third kappa shape index (κ3) is 5.05. The Hall–Kier alpha value is -1.99. The average Bonchev–Trinajstić information content (AvgIpc) is 3.44. The molecule has 236 valence electrons. The molecule has 4 aliphatic carbocycles. The normalized spacial score (nSPS) is 46.7. The SMILES string of the molecule is C[C@H]1CC[C@@]2(OC1)O[C@H]1C[C@H]3[C@@H]4CC[C@@H]5C[C@H](NC(=O)CC(=O)NCc6ccccn6)CC[C@]5(C)[C@H]4CC[C@]3(C)[C@H]1[C@@H]2C. The summed E-state index contributed by atoms with van der Waals surface area (Å²) in [6, 6.07) is 5.79. The second kappa shape index (κ2) is 11.1. The number of ether oxygens (including phenoxy) is 2. The fourth-order valence-electron chi connectivity index (χ4n) is 11.6. The molecule has 0 aromatic carbocycles. The molecular formula is C36H53N3O4. The Labute approximate surface area is 258 Å². The Kier molecular flexibility index (Phi) is 7.68. The number of rotatable bonds is 5. The quantitative estimate of drug-likeness (QED) is 0.409. The van der Waals surface area contributed by atoms with Crippen molar-refractivity contribution in [1.82, 2.24) is 15.6 Å². The highest BCUT2D eigenvalue weighted by Gasteiger charge is 2.69. The average molecular weight is 592 g/mol. The van der Waals surface area contributed by atoms with Gasteiger partial charge in [0.25, 0.3) is 0 Å². The molecule has 3 heterocycles. The molecule has 2 saturated heterocycles. The van der Waals surface area contributed by atoms with Crippen molar-refractivity contribution in [3.63, 3.8) is 0 Å². The maximum atomic E-state index is 12.8. The van der Waals surface area contributed by atoms with E-state index in [4.69, 9.17) is 9.47 Å². The standard InChI is InChI=1S/C36H53N3O4/c1-22-10-15-36(42-21-22)23(2)33-30(43-36)18-29-27-9-8-24-17-25(11-13-34(24,3)28(27)12-14-35(29,33)4)39-32(41)19-31(40)38-20-26-7-5-6-16-37-26/h5-7,16,22-25,27-30,33H,8-15,17-21H2,1-4H3,(H,38,40)(H,39,41)/t22-,23-,24+,25+,27+,28-,29-,30-,33-,34-,35-,36+/m0/s1. The minimum absolute atomic E-state index is 0.121. The highest BCUT2D eigenvalue weighted by atomic mass is 16.7. The highest BCUT2D eigenvalue weighted by molar-refractivity contribution is 5.96. The summed E-state index contributed by atoms with van der Waals surface area (Å²) in [6.45, 7) is 11.1. The summed E-state index contributed by atoms with van der Waals surface area (Å²) in [4.78, 5) is 29.4. The number of pyridine rings is 1. The zero-order valence-electron chi connectivity index (χ0n) is 26.8. The summed E-state index contributed by atoms with van der Waals surface area (Å²) in [7, 11) is 0. The van der Waals surface area contributed by atoms with E-state index in [2.05, 4.69) is 43.3 Å². The number of hydrogen-bond acceptors (Lipinski definition) is 5. The lowest BCUT2D eigenvalue weighted by molar-refractivity contribution is -0.273. The van der Waals surface area contributed by atoms with E-state index >= 15 is 0 Å². The topological polar surface area (TPSA) is 89.5 Å². The Morgan fingerprint density at radius 2 is 1.79 bits per heavy atom. The first kappa shape index (κ1) is 29.7. The van der Waals surface area contributed by atoms with E-state index in [0.717, 1.165) is 49.3 Å². The molecule has 7 rings (SSSR count). The molecule has 1 aromatic rings. The first-order valence-corrected chi connectivity index (χ1v) is 17.4. The third-order valence-corrected chi connectivity index (χ3v) is 13.8. The van der Waals surface area contributed by atoms with Crippen molar-refractivity contribution >= 4 is 11.8 Å². The fraction of sp³-hybridized carbons (Fsp3) is 0.806. The Morgan fingerprint density at radius 3 is 2.56 bits per heavy atom. The van der Waals surface area contributed by atoms with Crippen LogP contribution in [0.5, 0.6) is 0 Å². The van der Waals surface area contributed by atoms with Crippen molar-refractivity contribution in [2.45, 2.75) is 123 Å². The molecule has 0 radical (unpaired) electrons. The van der Waals surface area contributed by atoms with E-state index in [0.29, 0.717) is 47.2 Å². The largest absolute Gasteiger partial charge is 0.353 e. The van der Waals surface area contributed by atoms with Gasteiger partial charge >= 0.3 is 0 Å². The first-order chi connectivity index (χ1) is 20.6. The lowest BCUT2D eigenvalue weighted by atomic mass is 9.44. The number of nitrogens with zero attached hydrogens (tertiary/aromatic N) is 1. The zero-order chi connectivity index (χ0) is 30.0. The molecule has 2 amide bonds. The van der Waals surface area contributed by atoms with E-state index in [-0.39, 0.29) is 30.1 Å². The molecule has 2 N–H and O–H groups in total. The van der Waals surface area contributed by atoms with Gasteiger partial charge in [-0.1, -0.05) is 33.8 Å². The van der Waals surface area contributed by atoms with Crippen LogP contribution in [0.2, 0.25) is 0 Å². The predicted octanol–water partition coefficient (Wildman–Crippen LogP) is 6.02. The monoisotopic (exact) mass is 591 g/mol. The van der Waals surface area contributed by atoms with Crippen LogP contribution in [-0.4, -0.2) is 41.3 Å². The van der Waals surface area contributed by atoms with Gasteiger partial charge in [-0.3, -0.25) is 14.6 Å². The molecule has 6 fully saturated rings. The number of fused-ring (bicyclic) bond motifs is 7. The number of aromatic nitrogens is 1. The van der Waals surface area contributed by atoms with E-state index in [1.54, 1.807) is 6.20 Å². The van der Waals surface area contributed by atoms with Crippen molar-refractivity contribution in [3.8, 4) is 0 Å². The Morgan fingerprint density at radius 1 is 0.953 bits per heavy atom. The van der Waals surface area contributed by atoms with Crippen LogP contribution >= 0.6 is 0 Å². The van der Waals surface area contributed by atoms with Crippen LogP contribution in [0.1, 0.15) is 104 Å². The molecule has 6 aliphatic rings. The molecule has 7 nitrogen and oxygen atoms in total. The maximum absolute atomic E-state index is 12.8. The molecule has 0 unspecified atom stereocenters. The first-order valence-electron chi connectivity index (χ1n) is 17.4. The number of carbonyl (C=O) groups is 2. The number of carbonyl (C=O) groups excluding carboxylic acids is 2. The van der Waals surface area contributed by atoms with Gasteiger partial charge in [0.2, 0.25) is 11.8 Å². The van der Waals surface area contributed by atoms with Crippen LogP contribution in [-0.2, 0) is 25.6 Å². The molecule has 7 heteroatoms. The summed E-state index contributed by atoms with van der Waals surface area (Å²) in [6.07, 6.45) is 13.9. The lowest BCUT2D eigenvalue weighted by Gasteiger charge is -2.61. The summed E-state index contributed by atoms with van der Waals surface area (Å²) < 4.78 is 13.5. The number of amides is 2. The summed E-state index contributed by atoms with van der Waals surface area (Å²) >= 11 is 0. The van der Waals surface area contributed by atoms with Gasteiger partial charge < -0.3 is 20.1 Å². The lowest BCUT2D eigenvalue weighted by Crippen LogP contribution is -2.56. The Balaban J connectivity index is 0.952. The van der Waals surface area contributed by atoms with E-state index in [1.165, 1.54) is 44.9 Å². The van der Waals surface area contributed by atoms with Crippen molar-refractivity contribution in [1.29, 1.82) is 0 Å². The van der Waals surface area contributed by atoms with Gasteiger partial charge in [-0.25, -0.2) is 0 Å². The van der Waals surface area contributed by atoms with Crippen molar-refractivity contribution in [2.24, 2.45) is 52.3 Å².